The molecule has 126 valence electrons. The number of carbonyl (C=O) groups is 2. The second-order valence-corrected chi connectivity index (χ2v) is 7.11. The van der Waals surface area contributed by atoms with Crippen molar-refractivity contribution >= 4 is 23.2 Å². The number of carboxylic acid groups (broad SMARTS) is 1. The summed E-state index contributed by atoms with van der Waals surface area (Å²) < 4.78 is 5.64. The summed E-state index contributed by atoms with van der Waals surface area (Å²) in [5, 5.41) is 11.4. The quantitative estimate of drug-likeness (QED) is 0.912. The summed E-state index contributed by atoms with van der Waals surface area (Å²) in [6.45, 7) is 2.21. The Labute approximate surface area is 139 Å². The van der Waals surface area contributed by atoms with Crippen molar-refractivity contribution in [3.8, 4) is 0 Å². The number of amides is 1. The monoisotopic (exact) mass is 338 g/mol. The van der Waals surface area contributed by atoms with Crippen molar-refractivity contribution in [1.82, 2.24) is 9.88 Å². The number of likely N-dealkylation sites (tertiary alicyclic amines) is 1. The lowest BCUT2D eigenvalue weighted by Crippen LogP contribution is -2.40. The van der Waals surface area contributed by atoms with Gasteiger partial charge in [0.25, 0.3) is 0 Å². The number of carboxylic acids is 1. The molecule has 0 radical (unpaired) electrons. The van der Waals surface area contributed by atoms with Crippen LogP contribution in [0.15, 0.2) is 5.38 Å². The van der Waals surface area contributed by atoms with E-state index in [1.807, 2.05) is 4.90 Å². The van der Waals surface area contributed by atoms with Crippen molar-refractivity contribution in [1.29, 1.82) is 0 Å². The Hall–Kier alpha value is -1.47. The predicted octanol–water partition coefficient (Wildman–Crippen LogP) is 2.51. The molecular weight excluding hydrogens is 316 g/mol. The molecule has 1 N–H and O–H groups in total. The predicted molar refractivity (Wildman–Crippen MR) is 85.8 cm³/mol. The van der Waals surface area contributed by atoms with Crippen LogP contribution in [0.1, 0.15) is 59.9 Å². The van der Waals surface area contributed by atoms with Gasteiger partial charge >= 0.3 is 5.97 Å². The van der Waals surface area contributed by atoms with Crippen molar-refractivity contribution in [3.63, 3.8) is 0 Å². The van der Waals surface area contributed by atoms with Gasteiger partial charge in [0.1, 0.15) is 0 Å². The minimum atomic E-state index is -0.979. The third-order valence-electron chi connectivity index (χ3n) is 4.61. The lowest BCUT2D eigenvalue weighted by Gasteiger charge is -2.32. The topological polar surface area (TPSA) is 79.7 Å². The van der Waals surface area contributed by atoms with Crippen LogP contribution in [-0.2, 0) is 9.53 Å². The maximum absolute atomic E-state index is 12.4. The summed E-state index contributed by atoms with van der Waals surface area (Å²) >= 11 is 1.41. The number of rotatable bonds is 4. The lowest BCUT2D eigenvalue weighted by molar-refractivity contribution is -0.136. The molecule has 1 amide bonds. The molecule has 0 spiro atoms. The second-order valence-electron chi connectivity index (χ2n) is 6.22. The molecule has 2 fully saturated rings. The van der Waals surface area contributed by atoms with Gasteiger partial charge in [-0.25, -0.2) is 9.78 Å². The van der Waals surface area contributed by atoms with Gasteiger partial charge in [0.15, 0.2) is 5.69 Å². The minimum Gasteiger partial charge on any atom is -0.476 e. The summed E-state index contributed by atoms with van der Waals surface area (Å²) in [4.78, 5) is 29.4. The number of thiazole rings is 1. The molecule has 2 aliphatic rings. The van der Waals surface area contributed by atoms with E-state index >= 15 is 0 Å². The van der Waals surface area contributed by atoms with Gasteiger partial charge in [0, 0.05) is 31.0 Å². The van der Waals surface area contributed by atoms with E-state index in [-0.39, 0.29) is 23.6 Å². The van der Waals surface area contributed by atoms with Gasteiger partial charge in [0.05, 0.1) is 17.5 Å². The Morgan fingerprint density at radius 1 is 1.30 bits per heavy atom. The first kappa shape index (κ1) is 16.4. The minimum absolute atomic E-state index is 0.0889. The highest BCUT2D eigenvalue weighted by molar-refractivity contribution is 7.09. The average Bonchev–Trinajstić information content (AvgIpc) is 3.06. The largest absolute Gasteiger partial charge is 0.476 e. The van der Waals surface area contributed by atoms with Crippen LogP contribution in [0.3, 0.4) is 0 Å². The van der Waals surface area contributed by atoms with Crippen LogP contribution in [0, 0.1) is 0 Å². The number of hydrogen-bond acceptors (Lipinski definition) is 5. The first-order valence-electron chi connectivity index (χ1n) is 8.21. The molecule has 0 bridgehead atoms. The molecule has 2 aliphatic heterocycles. The first-order valence-corrected chi connectivity index (χ1v) is 9.09. The molecule has 1 aromatic rings. The molecule has 0 unspecified atom stereocenters. The Morgan fingerprint density at radius 3 is 2.70 bits per heavy atom. The molecule has 3 rings (SSSR count). The fraction of sp³-hybridized carbons (Fsp3) is 0.688. The fourth-order valence-electron chi connectivity index (χ4n) is 3.24. The highest BCUT2D eigenvalue weighted by Crippen LogP contribution is 2.31. The summed E-state index contributed by atoms with van der Waals surface area (Å²) in [7, 11) is 0. The van der Waals surface area contributed by atoms with Gasteiger partial charge in [-0.1, -0.05) is 0 Å². The Balaban J connectivity index is 1.49. The fourth-order valence-corrected chi connectivity index (χ4v) is 4.21. The van der Waals surface area contributed by atoms with Gasteiger partial charge in [-0.15, -0.1) is 11.3 Å². The van der Waals surface area contributed by atoms with Crippen LogP contribution in [0.25, 0.3) is 0 Å². The number of aromatic carboxylic acids is 1. The number of piperidine rings is 1. The maximum atomic E-state index is 12.4. The molecular formula is C16H22N2O4S. The Bertz CT molecular complexity index is 560. The van der Waals surface area contributed by atoms with E-state index in [0.29, 0.717) is 6.42 Å². The Kier molecular flexibility index (Phi) is 5.27. The molecule has 23 heavy (non-hydrogen) atoms. The van der Waals surface area contributed by atoms with Crippen molar-refractivity contribution in [2.75, 3.05) is 19.7 Å². The van der Waals surface area contributed by atoms with E-state index in [1.54, 1.807) is 5.38 Å². The Morgan fingerprint density at radius 2 is 2.09 bits per heavy atom. The van der Waals surface area contributed by atoms with Gasteiger partial charge in [-0.3, -0.25) is 4.79 Å². The number of hydrogen-bond donors (Lipinski definition) is 1. The molecule has 7 heteroatoms. The van der Waals surface area contributed by atoms with Crippen molar-refractivity contribution < 1.29 is 19.4 Å². The van der Waals surface area contributed by atoms with E-state index in [9.17, 15) is 9.59 Å². The van der Waals surface area contributed by atoms with Crippen LogP contribution in [0.5, 0.6) is 0 Å². The number of ether oxygens (including phenoxy) is 1. The van der Waals surface area contributed by atoms with Crippen molar-refractivity contribution in [3.05, 3.63) is 16.1 Å². The third-order valence-corrected chi connectivity index (χ3v) is 5.62. The van der Waals surface area contributed by atoms with Gasteiger partial charge in [-0.2, -0.15) is 0 Å². The van der Waals surface area contributed by atoms with Gasteiger partial charge in [-0.05, 0) is 32.1 Å². The van der Waals surface area contributed by atoms with E-state index in [0.717, 1.165) is 56.8 Å². The summed E-state index contributed by atoms with van der Waals surface area (Å²) in [5.74, 6) is -0.531. The van der Waals surface area contributed by atoms with Crippen LogP contribution in [0.2, 0.25) is 0 Å². The number of nitrogens with zero attached hydrogens (tertiary/aromatic N) is 2. The van der Waals surface area contributed by atoms with Gasteiger partial charge < -0.3 is 14.7 Å². The van der Waals surface area contributed by atoms with Crippen molar-refractivity contribution in [2.24, 2.45) is 0 Å². The molecule has 0 aliphatic carbocycles. The molecule has 2 saturated heterocycles. The normalized spacial score (nSPS) is 23.0. The van der Waals surface area contributed by atoms with E-state index in [1.165, 1.54) is 11.3 Å². The zero-order valence-electron chi connectivity index (χ0n) is 13.1. The highest BCUT2D eigenvalue weighted by atomic mass is 32.1. The van der Waals surface area contributed by atoms with E-state index in [4.69, 9.17) is 9.84 Å². The third kappa shape index (κ3) is 4.09. The second kappa shape index (κ2) is 7.40. The van der Waals surface area contributed by atoms with Crippen LogP contribution in [0.4, 0.5) is 0 Å². The molecule has 1 atom stereocenters. The zero-order valence-corrected chi connectivity index (χ0v) is 13.9. The maximum Gasteiger partial charge on any atom is 0.355 e. The molecule has 3 heterocycles. The lowest BCUT2D eigenvalue weighted by atomic mass is 9.96. The average molecular weight is 338 g/mol. The highest BCUT2D eigenvalue weighted by Gasteiger charge is 2.28. The molecule has 6 nitrogen and oxygen atoms in total. The van der Waals surface area contributed by atoms with Gasteiger partial charge in [0.2, 0.25) is 5.91 Å². The summed E-state index contributed by atoms with van der Waals surface area (Å²) in [6, 6.07) is 0. The summed E-state index contributed by atoms with van der Waals surface area (Å²) in [5.41, 5.74) is 0.123. The first-order chi connectivity index (χ1) is 11.1. The zero-order chi connectivity index (χ0) is 16.2. The number of aromatic nitrogens is 1. The van der Waals surface area contributed by atoms with Crippen molar-refractivity contribution in [2.45, 2.75) is 50.5 Å². The summed E-state index contributed by atoms with van der Waals surface area (Å²) in [6.07, 6.45) is 5.52. The van der Waals surface area contributed by atoms with E-state index < -0.39 is 5.97 Å². The smallest absolute Gasteiger partial charge is 0.355 e. The molecule has 0 aromatic carbocycles. The molecule has 0 saturated carbocycles. The number of carbonyl (C=O) groups excluding carboxylic acids is 1. The van der Waals surface area contributed by atoms with Crippen LogP contribution >= 0.6 is 11.3 Å². The van der Waals surface area contributed by atoms with Crippen LogP contribution < -0.4 is 0 Å². The standard InChI is InChI=1S/C16H22N2O4S/c19-14(9-12-3-1-2-8-22-12)18-6-4-11(5-7-18)15-17-13(10-23-15)16(20)21/h10-12H,1-9H2,(H,20,21)/t12-/m1/s1. The SMILES string of the molecule is O=C(O)c1csc(C2CCN(C(=O)C[C@H]3CCCCO3)CC2)n1. The molecule has 1 aromatic heterocycles. The van der Waals surface area contributed by atoms with E-state index in [2.05, 4.69) is 4.98 Å². The van der Waals surface area contributed by atoms with Crippen LogP contribution in [-0.4, -0.2) is 52.7 Å².